The van der Waals surface area contributed by atoms with E-state index in [0.717, 1.165) is 12.1 Å². The fraction of sp³-hybridized carbons (Fsp3) is 0.231. The van der Waals surface area contributed by atoms with Crippen LogP contribution in [0.2, 0.25) is 5.02 Å². The Kier molecular flexibility index (Phi) is 4.06. The molecule has 0 aliphatic rings. The van der Waals surface area contributed by atoms with Gasteiger partial charge in [0.2, 0.25) is 0 Å². The van der Waals surface area contributed by atoms with Crippen molar-refractivity contribution >= 4 is 23.3 Å². The van der Waals surface area contributed by atoms with Gasteiger partial charge < -0.3 is 10.5 Å². The van der Waals surface area contributed by atoms with Crippen LogP contribution in [0.4, 0.5) is 5.69 Å². The number of rotatable bonds is 4. The summed E-state index contributed by atoms with van der Waals surface area (Å²) in [5.74, 6) is -0.496. The third kappa shape index (κ3) is 3.06. The molecule has 0 spiro atoms. The van der Waals surface area contributed by atoms with Crippen molar-refractivity contribution in [1.29, 1.82) is 0 Å². The number of carbonyl (C=O) groups is 1. The summed E-state index contributed by atoms with van der Waals surface area (Å²) in [4.78, 5) is 11.9. The van der Waals surface area contributed by atoms with Crippen LogP contribution in [0.3, 0.4) is 0 Å². The van der Waals surface area contributed by atoms with Crippen LogP contribution < -0.4 is 5.73 Å². The molecule has 0 saturated heterocycles. The standard InChI is InChI=1S/C13H14ClN3O2/c1-2-17-7-9(6-16-17)8-19-13(18)10-4-3-5-11(14)12(10)15/h3-7H,2,8,15H2,1H3. The van der Waals surface area contributed by atoms with E-state index in [1.54, 1.807) is 29.1 Å². The Bertz CT molecular complexity index is 595. The van der Waals surface area contributed by atoms with Crippen LogP contribution in [-0.2, 0) is 17.9 Å². The maximum atomic E-state index is 11.9. The average molecular weight is 280 g/mol. The highest BCUT2D eigenvalue weighted by atomic mass is 35.5. The lowest BCUT2D eigenvalue weighted by Gasteiger charge is -2.06. The van der Waals surface area contributed by atoms with Gasteiger partial charge in [-0.1, -0.05) is 17.7 Å². The number of benzene rings is 1. The van der Waals surface area contributed by atoms with E-state index in [0.29, 0.717) is 5.02 Å². The number of esters is 1. The van der Waals surface area contributed by atoms with Crippen LogP contribution in [0, 0.1) is 0 Å². The summed E-state index contributed by atoms with van der Waals surface area (Å²) < 4.78 is 6.94. The van der Waals surface area contributed by atoms with Crippen LogP contribution in [0.1, 0.15) is 22.8 Å². The Hall–Kier alpha value is -2.01. The topological polar surface area (TPSA) is 70.1 Å². The van der Waals surface area contributed by atoms with Crippen molar-refractivity contribution in [2.45, 2.75) is 20.1 Å². The van der Waals surface area contributed by atoms with Crippen molar-refractivity contribution in [2.24, 2.45) is 0 Å². The zero-order valence-electron chi connectivity index (χ0n) is 10.5. The Morgan fingerprint density at radius 2 is 2.32 bits per heavy atom. The number of ether oxygens (including phenoxy) is 1. The number of carbonyl (C=O) groups excluding carboxylic acids is 1. The minimum atomic E-state index is -0.496. The van der Waals surface area contributed by atoms with E-state index in [2.05, 4.69) is 5.10 Å². The lowest BCUT2D eigenvalue weighted by Crippen LogP contribution is -2.08. The molecule has 0 saturated carbocycles. The molecule has 0 amide bonds. The van der Waals surface area contributed by atoms with Crippen molar-refractivity contribution in [3.63, 3.8) is 0 Å². The highest BCUT2D eigenvalue weighted by Crippen LogP contribution is 2.23. The van der Waals surface area contributed by atoms with Gasteiger partial charge in [0.05, 0.1) is 22.5 Å². The fourth-order valence-corrected chi connectivity index (χ4v) is 1.77. The fourth-order valence-electron chi connectivity index (χ4n) is 1.60. The second-order valence-corrected chi connectivity index (χ2v) is 4.39. The predicted molar refractivity (Wildman–Crippen MR) is 72.9 cm³/mol. The Balaban J connectivity index is 2.03. The zero-order chi connectivity index (χ0) is 13.8. The normalized spacial score (nSPS) is 10.4. The summed E-state index contributed by atoms with van der Waals surface area (Å²) in [5.41, 5.74) is 7.07. The number of nitrogens with two attached hydrogens (primary N) is 1. The lowest BCUT2D eigenvalue weighted by atomic mass is 10.2. The Morgan fingerprint density at radius 3 is 3.00 bits per heavy atom. The number of hydrogen-bond acceptors (Lipinski definition) is 4. The summed E-state index contributed by atoms with van der Waals surface area (Å²) in [6.45, 7) is 2.91. The van der Waals surface area contributed by atoms with Gasteiger partial charge in [-0.05, 0) is 19.1 Å². The summed E-state index contributed by atoms with van der Waals surface area (Å²) in [6.07, 6.45) is 3.49. The number of halogens is 1. The monoisotopic (exact) mass is 279 g/mol. The molecule has 0 radical (unpaired) electrons. The van der Waals surface area contributed by atoms with E-state index in [1.807, 2.05) is 13.1 Å². The molecule has 1 aromatic carbocycles. The first-order valence-corrected chi connectivity index (χ1v) is 6.22. The third-order valence-corrected chi connectivity index (χ3v) is 2.98. The van der Waals surface area contributed by atoms with E-state index < -0.39 is 5.97 Å². The molecule has 2 N–H and O–H groups in total. The quantitative estimate of drug-likeness (QED) is 0.689. The van der Waals surface area contributed by atoms with E-state index in [-0.39, 0.29) is 17.9 Å². The molecule has 1 aromatic heterocycles. The zero-order valence-corrected chi connectivity index (χ0v) is 11.2. The molecular formula is C13H14ClN3O2. The number of anilines is 1. The van der Waals surface area contributed by atoms with Crippen molar-refractivity contribution in [3.8, 4) is 0 Å². The van der Waals surface area contributed by atoms with Gasteiger partial charge in [-0.3, -0.25) is 4.68 Å². The van der Waals surface area contributed by atoms with Gasteiger partial charge in [0, 0.05) is 18.3 Å². The predicted octanol–water partition coefficient (Wildman–Crippen LogP) is 2.50. The van der Waals surface area contributed by atoms with Gasteiger partial charge in [-0.25, -0.2) is 4.79 Å². The lowest BCUT2D eigenvalue weighted by molar-refractivity contribution is 0.0474. The summed E-state index contributed by atoms with van der Waals surface area (Å²) in [5, 5.41) is 4.44. The van der Waals surface area contributed by atoms with Gasteiger partial charge in [-0.2, -0.15) is 5.10 Å². The van der Waals surface area contributed by atoms with Crippen molar-refractivity contribution in [1.82, 2.24) is 9.78 Å². The molecule has 0 aliphatic heterocycles. The second kappa shape index (κ2) is 5.75. The first kappa shape index (κ1) is 13.4. The minimum absolute atomic E-state index is 0.158. The van der Waals surface area contributed by atoms with E-state index in [9.17, 15) is 4.79 Å². The molecule has 1 heterocycles. The first-order valence-electron chi connectivity index (χ1n) is 5.84. The summed E-state index contributed by atoms with van der Waals surface area (Å²) >= 11 is 5.85. The Morgan fingerprint density at radius 1 is 1.53 bits per heavy atom. The van der Waals surface area contributed by atoms with Crippen LogP contribution >= 0.6 is 11.6 Å². The number of hydrogen-bond donors (Lipinski definition) is 1. The number of aromatic nitrogens is 2. The van der Waals surface area contributed by atoms with Crippen molar-refractivity contribution < 1.29 is 9.53 Å². The summed E-state index contributed by atoms with van der Waals surface area (Å²) in [7, 11) is 0. The molecule has 2 aromatic rings. The van der Waals surface area contributed by atoms with Crippen LogP contribution in [0.15, 0.2) is 30.6 Å². The van der Waals surface area contributed by atoms with Gasteiger partial charge in [-0.15, -0.1) is 0 Å². The SMILES string of the molecule is CCn1cc(COC(=O)c2cccc(Cl)c2N)cn1. The molecular weight excluding hydrogens is 266 g/mol. The van der Waals surface area contributed by atoms with Crippen LogP contribution in [0.5, 0.6) is 0 Å². The highest BCUT2D eigenvalue weighted by Gasteiger charge is 2.13. The first-order chi connectivity index (χ1) is 9.11. The number of nitrogen functional groups attached to an aromatic ring is 1. The minimum Gasteiger partial charge on any atom is -0.457 e. The maximum Gasteiger partial charge on any atom is 0.340 e. The van der Waals surface area contributed by atoms with Gasteiger partial charge in [0.15, 0.2) is 0 Å². The van der Waals surface area contributed by atoms with Crippen LogP contribution in [0.25, 0.3) is 0 Å². The van der Waals surface area contributed by atoms with Crippen molar-refractivity contribution in [2.75, 3.05) is 5.73 Å². The molecule has 0 bridgehead atoms. The average Bonchev–Trinajstić information content (AvgIpc) is 2.87. The molecule has 6 heteroatoms. The molecule has 0 atom stereocenters. The van der Waals surface area contributed by atoms with Crippen LogP contribution in [-0.4, -0.2) is 15.7 Å². The largest absolute Gasteiger partial charge is 0.457 e. The maximum absolute atomic E-state index is 11.9. The number of para-hydroxylation sites is 1. The van der Waals surface area contributed by atoms with E-state index in [4.69, 9.17) is 22.1 Å². The molecule has 2 rings (SSSR count). The molecule has 0 aliphatic carbocycles. The van der Waals surface area contributed by atoms with Gasteiger partial charge in [0.25, 0.3) is 0 Å². The molecule has 5 nitrogen and oxygen atoms in total. The molecule has 19 heavy (non-hydrogen) atoms. The smallest absolute Gasteiger partial charge is 0.340 e. The molecule has 100 valence electrons. The molecule has 0 unspecified atom stereocenters. The summed E-state index contributed by atoms with van der Waals surface area (Å²) in [6, 6.07) is 4.86. The third-order valence-electron chi connectivity index (χ3n) is 2.65. The number of nitrogens with zero attached hydrogens (tertiary/aromatic N) is 2. The van der Waals surface area contributed by atoms with Gasteiger partial charge >= 0.3 is 5.97 Å². The van der Waals surface area contributed by atoms with E-state index in [1.165, 1.54) is 0 Å². The van der Waals surface area contributed by atoms with Gasteiger partial charge in [0.1, 0.15) is 6.61 Å². The Labute approximate surface area is 115 Å². The van der Waals surface area contributed by atoms with E-state index >= 15 is 0 Å². The highest BCUT2D eigenvalue weighted by molar-refractivity contribution is 6.33. The number of aryl methyl sites for hydroxylation is 1. The van der Waals surface area contributed by atoms with Crippen molar-refractivity contribution in [3.05, 3.63) is 46.7 Å². The molecule has 0 fully saturated rings. The second-order valence-electron chi connectivity index (χ2n) is 3.98.